The third-order valence-corrected chi connectivity index (χ3v) is 3.32. The minimum atomic E-state index is 0.603. The molecule has 2 rings (SSSR count). The lowest BCUT2D eigenvalue weighted by atomic mass is 10.0. The van der Waals surface area contributed by atoms with Crippen LogP contribution in [0.15, 0.2) is 48.5 Å². The van der Waals surface area contributed by atoms with Crippen LogP contribution in [0.1, 0.15) is 5.56 Å². The third kappa shape index (κ3) is 2.38. The van der Waals surface area contributed by atoms with Crippen LogP contribution >= 0.6 is 22.6 Å². The topological polar surface area (TPSA) is 26.0 Å². The van der Waals surface area contributed by atoms with Crippen LogP contribution in [-0.2, 0) is 6.54 Å². The molecule has 0 radical (unpaired) electrons. The van der Waals surface area contributed by atoms with Crippen molar-refractivity contribution in [1.82, 2.24) is 0 Å². The van der Waals surface area contributed by atoms with Gasteiger partial charge in [0.15, 0.2) is 0 Å². The molecule has 0 bridgehead atoms. The second-order valence-corrected chi connectivity index (χ2v) is 4.54. The number of hydrogen-bond donors (Lipinski definition) is 1. The van der Waals surface area contributed by atoms with Crippen molar-refractivity contribution in [1.29, 1.82) is 0 Å². The molecule has 0 heterocycles. The van der Waals surface area contributed by atoms with Crippen LogP contribution in [0.25, 0.3) is 11.1 Å². The molecular weight excluding hydrogens is 297 g/mol. The minimum absolute atomic E-state index is 0.603. The fourth-order valence-electron chi connectivity index (χ4n) is 1.52. The molecule has 0 spiro atoms. The van der Waals surface area contributed by atoms with Gasteiger partial charge in [-0.25, -0.2) is 0 Å². The van der Waals surface area contributed by atoms with Gasteiger partial charge >= 0.3 is 0 Å². The Morgan fingerprint density at radius 2 is 1.60 bits per heavy atom. The SMILES string of the molecule is NCc1ccc(-c2ccccc2I)cc1. The quantitative estimate of drug-likeness (QED) is 0.845. The summed E-state index contributed by atoms with van der Waals surface area (Å²) in [5, 5.41) is 0. The summed E-state index contributed by atoms with van der Waals surface area (Å²) in [6.07, 6.45) is 0. The maximum Gasteiger partial charge on any atom is 0.0208 e. The van der Waals surface area contributed by atoms with Gasteiger partial charge in [0.25, 0.3) is 0 Å². The summed E-state index contributed by atoms with van der Waals surface area (Å²) in [4.78, 5) is 0. The first-order valence-corrected chi connectivity index (χ1v) is 5.93. The van der Waals surface area contributed by atoms with E-state index in [0.29, 0.717) is 6.54 Å². The number of hydrogen-bond acceptors (Lipinski definition) is 1. The second kappa shape index (κ2) is 4.77. The van der Waals surface area contributed by atoms with E-state index in [1.807, 2.05) is 0 Å². The molecule has 2 heteroatoms. The number of benzene rings is 2. The van der Waals surface area contributed by atoms with Crippen LogP contribution < -0.4 is 5.73 Å². The van der Waals surface area contributed by atoms with E-state index < -0.39 is 0 Å². The Kier molecular flexibility index (Phi) is 3.38. The standard InChI is InChI=1S/C13H12IN/c14-13-4-2-1-3-12(13)11-7-5-10(9-15)6-8-11/h1-8H,9,15H2. The fourth-order valence-corrected chi connectivity index (χ4v) is 2.21. The lowest BCUT2D eigenvalue weighted by Crippen LogP contribution is -1.95. The van der Waals surface area contributed by atoms with E-state index in [1.165, 1.54) is 20.3 Å². The van der Waals surface area contributed by atoms with Gasteiger partial charge < -0.3 is 5.73 Å². The average Bonchev–Trinajstić information content (AvgIpc) is 2.30. The molecule has 1 nitrogen and oxygen atoms in total. The van der Waals surface area contributed by atoms with E-state index in [1.54, 1.807) is 0 Å². The second-order valence-electron chi connectivity index (χ2n) is 3.38. The predicted octanol–water partition coefficient (Wildman–Crippen LogP) is 3.42. The van der Waals surface area contributed by atoms with Crippen molar-refractivity contribution in [2.75, 3.05) is 0 Å². The lowest BCUT2D eigenvalue weighted by Gasteiger charge is -2.05. The normalized spacial score (nSPS) is 10.3. The van der Waals surface area contributed by atoms with E-state index in [9.17, 15) is 0 Å². The van der Waals surface area contributed by atoms with E-state index >= 15 is 0 Å². The van der Waals surface area contributed by atoms with Crippen molar-refractivity contribution in [2.45, 2.75) is 6.54 Å². The van der Waals surface area contributed by atoms with Crippen LogP contribution in [0.2, 0.25) is 0 Å². The van der Waals surface area contributed by atoms with Gasteiger partial charge in [-0.1, -0.05) is 42.5 Å². The lowest BCUT2D eigenvalue weighted by molar-refractivity contribution is 1.07. The molecule has 0 atom stereocenters. The van der Waals surface area contributed by atoms with Gasteiger partial charge in [-0.2, -0.15) is 0 Å². The zero-order chi connectivity index (χ0) is 10.7. The molecule has 0 aliphatic rings. The molecule has 0 saturated carbocycles. The molecular formula is C13H12IN. The maximum absolute atomic E-state index is 5.57. The molecule has 0 fully saturated rings. The van der Waals surface area contributed by atoms with Gasteiger partial charge in [-0.3, -0.25) is 0 Å². The molecule has 0 aromatic heterocycles. The van der Waals surface area contributed by atoms with Crippen molar-refractivity contribution in [3.8, 4) is 11.1 Å². The Morgan fingerprint density at radius 1 is 0.933 bits per heavy atom. The monoisotopic (exact) mass is 309 g/mol. The molecule has 0 aliphatic carbocycles. The molecule has 15 heavy (non-hydrogen) atoms. The van der Waals surface area contributed by atoms with Crippen molar-refractivity contribution in [3.05, 3.63) is 57.7 Å². The molecule has 2 N–H and O–H groups in total. The minimum Gasteiger partial charge on any atom is -0.326 e. The number of nitrogens with two attached hydrogens (primary N) is 1. The average molecular weight is 309 g/mol. The van der Waals surface area contributed by atoms with Gasteiger partial charge in [0.1, 0.15) is 0 Å². The Morgan fingerprint density at radius 3 is 2.20 bits per heavy atom. The Labute approximate surface area is 103 Å². The van der Waals surface area contributed by atoms with Crippen molar-refractivity contribution in [3.63, 3.8) is 0 Å². The van der Waals surface area contributed by atoms with E-state index in [4.69, 9.17) is 5.73 Å². The van der Waals surface area contributed by atoms with Gasteiger partial charge in [0, 0.05) is 10.1 Å². The van der Waals surface area contributed by atoms with Gasteiger partial charge in [0.05, 0.1) is 0 Å². The highest BCUT2D eigenvalue weighted by Gasteiger charge is 2.00. The van der Waals surface area contributed by atoms with Gasteiger partial charge in [-0.05, 0) is 45.3 Å². The molecule has 76 valence electrons. The highest BCUT2D eigenvalue weighted by Crippen LogP contribution is 2.24. The van der Waals surface area contributed by atoms with Crippen molar-refractivity contribution >= 4 is 22.6 Å². The van der Waals surface area contributed by atoms with E-state index in [-0.39, 0.29) is 0 Å². The summed E-state index contributed by atoms with van der Waals surface area (Å²) in [5.74, 6) is 0. The summed E-state index contributed by atoms with van der Waals surface area (Å²) in [6, 6.07) is 16.8. The first-order chi connectivity index (χ1) is 7.31. The van der Waals surface area contributed by atoms with E-state index in [0.717, 1.165) is 0 Å². The zero-order valence-electron chi connectivity index (χ0n) is 8.28. The van der Waals surface area contributed by atoms with E-state index in [2.05, 4.69) is 71.1 Å². The smallest absolute Gasteiger partial charge is 0.0208 e. The molecule has 0 unspecified atom stereocenters. The Hall–Kier alpha value is -0.870. The summed E-state index contributed by atoms with van der Waals surface area (Å²) >= 11 is 2.36. The maximum atomic E-state index is 5.57. The summed E-state index contributed by atoms with van der Waals surface area (Å²) in [6.45, 7) is 0.603. The number of halogens is 1. The summed E-state index contributed by atoms with van der Waals surface area (Å²) < 4.78 is 1.27. The first kappa shape index (κ1) is 10.6. The van der Waals surface area contributed by atoms with Crippen LogP contribution in [-0.4, -0.2) is 0 Å². The molecule has 2 aromatic carbocycles. The zero-order valence-corrected chi connectivity index (χ0v) is 10.4. The van der Waals surface area contributed by atoms with Crippen molar-refractivity contribution in [2.24, 2.45) is 5.73 Å². The first-order valence-electron chi connectivity index (χ1n) is 4.85. The Bertz CT molecular complexity index is 448. The molecule has 0 aliphatic heterocycles. The van der Waals surface area contributed by atoms with Gasteiger partial charge in [0.2, 0.25) is 0 Å². The highest BCUT2D eigenvalue weighted by molar-refractivity contribution is 14.1. The van der Waals surface area contributed by atoms with Crippen LogP contribution in [0.3, 0.4) is 0 Å². The van der Waals surface area contributed by atoms with Crippen LogP contribution in [0, 0.1) is 3.57 Å². The predicted molar refractivity (Wildman–Crippen MR) is 72.5 cm³/mol. The fraction of sp³-hybridized carbons (Fsp3) is 0.0769. The third-order valence-electron chi connectivity index (χ3n) is 2.37. The molecule has 0 saturated heterocycles. The molecule has 0 amide bonds. The van der Waals surface area contributed by atoms with Crippen molar-refractivity contribution < 1.29 is 0 Å². The highest BCUT2D eigenvalue weighted by atomic mass is 127. The van der Waals surface area contributed by atoms with Crippen LogP contribution in [0.5, 0.6) is 0 Å². The summed E-state index contributed by atoms with van der Waals surface area (Å²) in [5.41, 5.74) is 9.26. The molecule has 2 aromatic rings. The summed E-state index contributed by atoms with van der Waals surface area (Å²) in [7, 11) is 0. The number of rotatable bonds is 2. The Balaban J connectivity index is 2.42. The van der Waals surface area contributed by atoms with Crippen LogP contribution in [0.4, 0.5) is 0 Å². The van der Waals surface area contributed by atoms with Gasteiger partial charge in [-0.15, -0.1) is 0 Å². The largest absolute Gasteiger partial charge is 0.326 e.